The third-order valence-corrected chi connectivity index (χ3v) is 4.06. The third-order valence-electron chi connectivity index (χ3n) is 3.24. The zero-order valence-electron chi connectivity index (χ0n) is 10.4. The topological polar surface area (TPSA) is 46.3 Å². The molecule has 2 unspecified atom stereocenters. The number of nitrogens with two attached hydrogens (primary N) is 1. The van der Waals surface area contributed by atoms with Crippen molar-refractivity contribution < 1.29 is 4.79 Å². The van der Waals surface area contributed by atoms with Crippen molar-refractivity contribution >= 4 is 33.4 Å². The van der Waals surface area contributed by atoms with Crippen LogP contribution < -0.4 is 5.73 Å². The molecule has 2 atom stereocenters. The van der Waals surface area contributed by atoms with Crippen molar-refractivity contribution in [1.29, 1.82) is 0 Å². The van der Waals surface area contributed by atoms with E-state index in [1.807, 2.05) is 36.9 Å². The van der Waals surface area contributed by atoms with E-state index in [9.17, 15) is 4.79 Å². The molecule has 5 heteroatoms. The molecule has 1 aliphatic rings. The first-order valence-corrected chi connectivity index (χ1v) is 7.10. The number of halogens is 2. The van der Waals surface area contributed by atoms with Gasteiger partial charge in [-0.3, -0.25) is 4.79 Å². The number of rotatable bonds is 2. The summed E-state index contributed by atoms with van der Waals surface area (Å²) >= 11 is 9.65. The largest absolute Gasteiger partial charge is 0.332 e. The zero-order chi connectivity index (χ0) is 13.4. The number of hydrogen-bond donors (Lipinski definition) is 1. The Morgan fingerprint density at radius 1 is 1.50 bits per heavy atom. The van der Waals surface area contributed by atoms with E-state index in [0.29, 0.717) is 11.4 Å². The van der Waals surface area contributed by atoms with Gasteiger partial charge >= 0.3 is 0 Å². The van der Waals surface area contributed by atoms with Gasteiger partial charge in [0.05, 0.1) is 6.04 Å². The lowest BCUT2D eigenvalue weighted by Crippen LogP contribution is -2.37. The summed E-state index contributed by atoms with van der Waals surface area (Å²) in [6, 6.07) is 5.50. The number of hydrogen-bond acceptors (Lipinski definition) is 2. The fourth-order valence-corrected chi connectivity index (χ4v) is 3.30. The van der Waals surface area contributed by atoms with Crippen molar-refractivity contribution in [3.63, 3.8) is 0 Å². The number of benzene rings is 1. The molecule has 18 heavy (non-hydrogen) atoms. The number of carbonyl (C=O) groups is 1. The highest BCUT2D eigenvalue weighted by Crippen LogP contribution is 2.38. The summed E-state index contributed by atoms with van der Waals surface area (Å²) < 4.78 is 0.922. The van der Waals surface area contributed by atoms with E-state index in [-0.39, 0.29) is 24.0 Å². The molecule has 1 aliphatic heterocycles. The Kier molecular flexibility index (Phi) is 3.99. The highest BCUT2D eigenvalue weighted by molar-refractivity contribution is 9.10. The fourth-order valence-electron chi connectivity index (χ4n) is 2.51. The van der Waals surface area contributed by atoms with Crippen LogP contribution in [-0.2, 0) is 4.79 Å². The third kappa shape index (κ3) is 2.42. The summed E-state index contributed by atoms with van der Waals surface area (Å²) in [4.78, 5) is 13.8. The van der Waals surface area contributed by atoms with Crippen LogP contribution in [0.15, 0.2) is 22.7 Å². The van der Waals surface area contributed by atoms with E-state index in [4.69, 9.17) is 17.3 Å². The summed E-state index contributed by atoms with van der Waals surface area (Å²) in [5.41, 5.74) is 7.03. The van der Waals surface area contributed by atoms with E-state index in [1.54, 1.807) is 0 Å². The normalized spacial score (nSPS) is 24.1. The number of carbonyl (C=O) groups excluding carboxylic acids is 1. The Labute approximate surface area is 120 Å². The van der Waals surface area contributed by atoms with Crippen molar-refractivity contribution in [2.24, 2.45) is 5.73 Å². The first kappa shape index (κ1) is 13.8. The Bertz CT molecular complexity index is 478. The monoisotopic (exact) mass is 330 g/mol. The van der Waals surface area contributed by atoms with Gasteiger partial charge in [0.2, 0.25) is 5.91 Å². The average molecular weight is 332 g/mol. The van der Waals surface area contributed by atoms with Crippen LogP contribution in [0, 0.1) is 0 Å². The quantitative estimate of drug-likeness (QED) is 0.905. The van der Waals surface area contributed by atoms with E-state index in [2.05, 4.69) is 15.9 Å². The lowest BCUT2D eigenvalue weighted by atomic mass is 10.00. The Hall–Kier alpha value is -0.580. The molecule has 1 heterocycles. The molecule has 2 N–H and O–H groups in total. The lowest BCUT2D eigenvalue weighted by Gasteiger charge is -2.31. The van der Waals surface area contributed by atoms with E-state index in [0.717, 1.165) is 10.0 Å². The van der Waals surface area contributed by atoms with Crippen molar-refractivity contribution in [2.75, 3.05) is 0 Å². The van der Waals surface area contributed by atoms with Gasteiger partial charge < -0.3 is 10.6 Å². The van der Waals surface area contributed by atoms with Crippen LogP contribution in [0.2, 0.25) is 5.02 Å². The molecule has 98 valence electrons. The van der Waals surface area contributed by atoms with Gasteiger partial charge in [0.25, 0.3) is 0 Å². The molecule has 1 amide bonds. The van der Waals surface area contributed by atoms with Crippen molar-refractivity contribution in [3.05, 3.63) is 33.3 Å². The number of amides is 1. The minimum Gasteiger partial charge on any atom is -0.332 e. The number of likely N-dealkylation sites (tertiary alicyclic amines) is 1. The fraction of sp³-hybridized carbons (Fsp3) is 0.462. The summed E-state index contributed by atoms with van der Waals surface area (Å²) in [5, 5.41) is 0.644. The van der Waals surface area contributed by atoms with E-state index < -0.39 is 0 Å². The van der Waals surface area contributed by atoms with Crippen molar-refractivity contribution in [3.8, 4) is 0 Å². The average Bonchev–Trinajstić information content (AvgIpc) is 2.53. The molecule has 1 saturated heterocycles. The van der Waals surface area contributed by atoms with Gasteiger partial charge in [-0.05, 0) is 31.5 Å². The molecule has 1 fully saturated rings. The molecule has 0 saturated carbocycles. The van der Waals surface area contributed by atoms with E-state index in [1.165, 1.54) is 0 Å². The first-order chi connectivity index (χ1) is 8.41. The van der Waals surface area contributed by atoms with Gasteiger partial charge in [0.15, 0.2) is 0 Å². The molecule has 0 spiro atoms. The summed E-state index contributed by atoms with van der Waals surface area (Å²) in [5.74, 6) is 0.0986. The molecule has 0 aromatic heterocycles. The molecule has 2 rings (SSSR count). The van der Waals surface area contributed by atoms with Crippen molar-refractivity contribution in [2.45, 2.75) is 38.4 Å². The maximum atomic E-state index is 12.0. The van der Waals surface area contributed by atoms with Gasteiger partial charge in [-0.25, -0.2) is 0 Å². The van der Waals surface area contributed by atoms with Gasteiger partial charge in [0, 0.05) is 28.0 Å². The molecule has 0 aliphatic carbocycles. The summed E-state index contributed by atoms with van der Waals surface area (Å²) in [7, 11) is 0. The minimum atomic E-state index is -0.196. The highest BCUT2D eigenvalue weighted by atomic mass is 79.9. The Morgan fingerprint density at radius 2 is 2.17 bits per heavy atom. The molecular formula is C13H16BrClN2O. The highest BCUT2D eigenvalue weighted by Gasteiger charge is 2.40. The Balaban J connectivity index is 2.43. The van der Waals surface area contributed by atoms with Crippen LogP contribution >= 0.6 is 27.5 Å². The van der Waals surface area contributed by atoms with Crippen LogP contribution in [-0.4, -0.2) is 22.9 Å². The molecule has 3 nitrogen and oxygen atoms in total. The molecule has 0 bridgehead atoms. The van der Waals surface area contributed by atoms with Crippen LogP contribution in [0.3, 0.4) is 0 Å². The second-order valence-electron chi connectivity index (χ2n) is 4.87. The second-order valence-corrected chi connectivity index (χ2v) is 6.20. The summed E-state index contributed by atoms with van der Waals surface area (Å²) in [6.07, 6.45) is 0.384. The van der Waals surface area contributed by atoms with Crippen LogP contribution in [0.25, 0.3) is 0 Å². The van der Waals surface area contributed by atoms with Gasteiger partial charge in [0.1, 0.15) is 0 Å². The molecular weight excluding hydrogens is 316 g/mol. The van der Waals surface area contributed by atoms with Gasteiger partial charge in [-0.1, -0.05) is 33.6 Å². The second kappa shape index (κ2) is 5.19. The maximum absolute atomic E-state index is 12.0. The summed E-state index contributed by atoms with van der Waals surface area (Å²) in [6.45, 7) is 3.99. The molecule has 0 radical (unpaired) electrons. The van der Waals surface area contributed by atoms with Crippen LogP contribution in [0.5, 0.6) is 0 Å². The predicted molar refractivity (Wildman–Crippen MR) is 76.5 cm³/mol. The lowest BCUT2D eigenvalue weighted by molar-refractivity contribution is -0.130. The van der Waals surface area contributed by atoms with Gasteiger partial charge in [-0.2, -0.15) is 0 Å². The first-order valence-electron chi connectivity index (χ1n) is 5.93. The Morgan fingerprint density at radius 3 is 2.72 bits per heavy atom. The number of nitrogens with zero attached hydrogens (tertiary/aromatic N) is 1. The van der Waals surface area contributed by atoms with Crippen LogP contribution in [0.1, 0.15) is 31.9 Å². The smallest absolute Gasteiger partial charge is 0.225 e. The van der Waals surface area contributed by atoms with Crippen LogP contribution in [0.4, 0.5) is 0 Å². The zero-order valence-corrected chi connectivity index (χ0v) is 12.7. The van der Waals surface area contributed by atoms with Crippen molar-refractivity contribution in [1.82, 2.24) is 4.90 Å². The SMILES string of the molecule is CC(C)N1C(=O)CC(N)C1c1ccc(Br)cc1Cl. The minimum absolute atomic E-state index is 0.0986. The van der Waals surface area contributed by atoms with Gasteiger partial charge in [-0.15, -0.1) is 0 Å². The maximum Gasteiger partial charge on any atom is 0.225 e. The molecule has 1 aromatic rings. The predicted octanol–water partition coefficient (Wildman–Crippen LogP) is 3.11. The standard InChI is InChI=1S/C13H16BrClN2O/c1-7(2)17-12(18)6-11(16)13(17)9-4-3-8(14)5-10(9)15/h3-5,7,11,13H,6,16H2,1-2H3. The van der Waals surface area contributed by atoms with E-state index >= 15 is 0 Å². The molecule has 1 aromatic carbocycles.